The van der Waals surface area contributed by atoms with Crippen molar-refractivity contribution in [1.29, 1.82) is 0 Å². The molecule has 0 saturated carbocycles. The van der Waals surface area contributed by atoms with E-state index in [9.17, 15) is 9.00 Å². The Kier molecular flexibility index (Phi) is 6.77. The topological polar surface area (TPSA) is 63.0 Å². The maximum absolute atomic E-state index is 12.8. The summed E-state index contributed by atoms with van der Waals surface area (Å²) < 4.78 is 24.4. The van der Waals surface area contributed by atoms with E-state index in [0.29, 0.717) is 24.6 Å². The molecule has 2 aromatic carbocycles. The Bertz CT molecular complexity index is 1060. The van der Waals surface area contributed by atoms with Crippen molar-refractivity contribution in [2.45, 2.75) is 10.6 Å². The molecule has 1 fully saturated rings. The highest BCUT2D eigenvalue weighted by Crippen LogP contribution is 2.22. The predicted molar refractivity (Wildman–Crippen MR) is 124 cm³/mol. The van der Waals surface area contributed by atoms with Gasteiger partial charge in [0.1, 0.15) is 11.5 Å². The van der Waals surface area contributed by atoms with Crippen molar-refractivity contribution in [2.75, 3.05) is 38.2 Å². The van der Waals surface area contributed by atoms with Gasteiger partial charge < -0.3 is 19.0 Å². The first-order chi connectivity index (χ1) is 15.0. The second kappa shape index (κ2) is 9.70. The number of methoxy groups -OCH3 is 1. The maximum Gasteiger partial charge on any atom is 0.289 e. The predicted octanol–water partition coefficient (Wildman–Crippen LogP) is 4.32. The van der Waals surface area contributed by atoms with Crippen LogP contribution >= 0.6 is 15.9 Å². The first-order valence-corrected chi connectivity index (χ1v) is 12.1. The summed E-state index contributed by atoms with van der Waals surface area (Å²) in [5.41, 5.74) is 1.11. The van der Waals surface area contributed by atoms with Gasteiger partial charge in [0, 0.05) is 41.2 Å². The number of nitrogens with zero attached hydrogens (tertiary/aromatic N) is 2. The summed E-state index contributed by atoms with van der Waals surface area (Å²) in [6.07, 6.45) is 0. The molecule has 6 nitrogen and oxygen atoms in total. The number of hydrogen-bond acceptors (Lipinski definition) is 5. The lowest BCUT2D eigenvalue weighted by Crippen LogP contribution is -2.48. The molecule has 1 atom stereocenters. The van der Waals surface area contributed by atoms with Crippen molar-refractivity contribution >= 4 is 38.3 Å². The molecule has 3 aromatic rings. The molecule has 1 aliphatic rings. The van der Waals surface area contributed by atoms with Crippen LogP contribution in [0.5, 0.6) is 5.75 Å². The van der Waals surface area contributed by atoms with Crippen LogP contribution < -0.4 is 9.64 Å². The zero-order valence-electron chi connectivity index (χ0n) is 17.1. The number of furan rings is 1. The Labute approximate surface area is 192 Å². The Hall–Kier alpha value is -2.58. The Morgan fingerprint density at radius 3 is 2.32 bits per heavy atom. The molecular formula is C23H23BrN2O4S. The molecule has 2 heterocycles. The van der Waals surface area contributed by atoms with Gasteiger partial charge in [-0.25, -0.2) is 0 Å². The fourth-order valence-corrected chi connectivity index (χ4v) is 4.77. The molecule has 4 rings (SSSR count). The summed E-state index contributed by atoms with van der Waals surface area (Å²) in [6.45, 7) is 2.73. The third kappa shape index (κ3) is 5.19. The number of hydrogen-bond donors (Lipinski definition) is 0. The Morgan fingerprint density at radius 2 is 1.68 bits per heavy atom. The van der Waals surface area contributed by atoms with E-state index in [2.05, 4.69) is 20.8 Å². The fourth-order valence-electron chi connectivity index (χ4n) is 3.49. The number of rotatable bonds is 6. The van der Waals surface area contributed by atoms with Crippen LogP contribution in [0.15, 0.2) is 74.4 Å². The normalized spacial score (nSPS) is 15.0. The minimum atomic E-state index is -1.23. The number of piperazine rings is 1. The van der Waals surface area contributed by atoms with Crippen molar-refractivity contribution in [3.05, 3.63) is 76.7 Å². The molecule has 1 aliphatic heterocycles. The minimum Gasteiger partial charge on any atom is -0.497 e. The average Bonchev–Trinajstić information content (AvgIpc) is 3.27. The van der Waals surface area contributed by atoms with E-state index < -0.39 is 10.8 Å². The third-order valence-corrected chi connectivity index (χ3v) is 7.10. The standard InChI is InChI=1S/C23H23BrN2O4S/c1-29-19-6-4-18(5-7-19)25-12-14-26(15-13-25)23(27)22-11-8-20(30-22)16-31(28)21-9-2-17(24)3-10-21/h2-11H,12-16H2,1H3/t31-/m0/s1. The van der Waals surface area contributed by atoms with Gasteiger partial charge in [0.15, 0.2) is 5.76 Å². The lowest BCUT2D eigenvalue weighted by molar-refractivity contribution is 0.0713. The molecule has 1 amide bonds. The summed E-state index contributed by atoms with van der Waals surface area (Å²) in [6, 6.07) is 18.7. The molecule has 162 valence electrons. The third-order valence-electron chi connectivity index (χ3n) is 5.23. The average molecular weight is 503 g/mol. The zero-order valence-corrected chi connectivity index (χ0v) is 19.5. The lowest BCUT2D eigenvalue weighted by Gasteiger charge is -2.35. The molecule has 1 saturated heterocycles. The molecule has 0 bridgehead atoms. The van der Waals surface area contributed by atoms with Gasteiger partial charge in [-0.2, -0.15) is 0 Å². The molecule has 0 unspecified atom stereocenters. The van der Waals surface area contributed by atoms with Crippen molar-refractivity contribution in [3.8, 4) is 5.75 Å². The van der Waals surface area contributed by atoms with Gasteiger partial charge in [-0.3, -0.25) is 9.00 Å². The van der Waals surface area contributed by atoms with Gasteiger partial charge in [-0.05, 0) is 60.7 Å². The highest BCUT2D eigenvalue weighted by Gasteiger charge is 2.24. The van der Waals surface area contributed by atoms with Crippen molar-refractivity contribution in [1.82, 2.24) is 4.90 Å². The Morgan fingerprint density at radius 1 is 1.00 bits per heavy atom. The SMILES string of the molecule is COc1ccc(N2CCN(C(=O)c3ccc(C[S@](=O)c4ccc(Br)cc4)o3)CC2)cc1. The van der Waals surface area contributed by atoms with E-state index >= 15 is 0 Å². The second-order valence-corrected chi connectivity index (χ2v) is 9.55. The first-order valence-electron chi connectivity index (χ1n) is 9.94. The smallest absolute Gasteiger partial charge is 0.289 e. The van der Waals surface area contributed by atoms with Crippen LogP contribution in [0.1, 0.15) is 16.3 Å². The van der Waals surface area contributed by atoms with Crippen LogP contribution in [0.25, 0.3) is 0 Å². The van der Waals surface area contributed by atoms with Crippen LogP contribution in [-0.2, 0) is 16.6 Å². The van der Waals surface area contributed by atoms with Gasteiger partial charge in [0.2, 0.25) is 0 Å². The van der Waals surface area contributed by atoms with Gasteiger partial charge in [0.25, 0.3) is 5.91 Å². The van der Waals surface area contributed by atoms with Crippen molar-refractivity contribution in [2.24, 2.45) is 0 Å². The molecule has 31 heavy (non-hydrogen) atoms. The van der Waals surface area contributed by atoms with Gasteiger partial charge in [0.05, 0.1) is 23.7 Å². The number of amides is 1. The summed E-state index contributed by atoms with van der Waals surface area (Å²) in [7, 11) is 0.420. The number of benzene rings is 2. The van der Waals surface area contributed by atoms with Crippen molar-refractivity contribution in [3.63, 3.8) is 0 Å². The molecule has 0 radical (unpaired) electrons. The van der Waals surface area contributed by atoms with E-state index in [1.54, 1.807) is 24.1 Å². The van der Waals surface area contributed by atoms with E-state index in [1.165, 1.54) is 0 Å². The summed E-state index contributed by atoms with van der Waals surface area (Å²) in [5, 5.41) is 0. The largest absolute Gasteiger partial charge is 0.497 e. The van der Waals surface area contributed by atoms with Crippen LogP contribution in [0, 0.1) is 0 Å². The van der Waals surface area contributed by atoms with Crippen LogP contribution in [0.4, 0.5) is 5.69 Å². The summed E-state index contributed by atoms with van der Waals surface area (Å²) >= 11 is 3.37. The van der Waals surface area contributed by atoms with Gasteiger partial charge in [-0.15, -0.1) is 0 Å². The quantitative estimate of drug-likeness (QED) is 0.502. The van der Waals surface area contributed by atoms with Crippen LogP contribution in [0.3, 0.4) is 0 Å². The first kappa shape index (κ1) is 21.6. The molecule has 0 N–H and O–H groups in total. The van der Waals surface area contributed by atoms with E-state index in [-0.39, 0.29) is 11.7 Å². The molecule has 0 spiro atoms. The number of anilines is 1. The molecule has 0 aliphatic carbocycles. The van der Waals surface area contributed by atoms with E-state index in [4.69, 9.17) is 9.15 Å². The molecule has 1 aromatic heterocycles. The number of halogens is 1. The summed E-state index contributed by atoms with van der Waals surface area (Å²) in [4.78, 5) is 17.6. The zero-order chi connectivity index (χ0) is 21.8. The molecule has 8 heteroatoms. The highest BCUT2D eigenvalue weighted by molar-refractivity contribution is 9.10. The van der Waals surface area contributed by atoms with E-state index in [1.807, 2.05) is 48.5 Å². The number of carbonyl (C=O) groups is 1. The molecular weight excluding hydrogens is 480 g/mol. The second-order valence-electron chi connectivity index (χ2n) is 7.19. The van der Waals surface area contributed by atoms with Crippen molar-refractivity contribution < 1.29 is 18.2 Å². The van der Waals surface area contributed by atoms with Crippen LogP contribution in [-0.4, -0.2) is 48.3 Å². The summed E-state index contributed by atoms with van der Waals surface area (Å²) in [5.74, 6) is 1.77. The lowest BCUT2D eigenvalue weighted by atomic mass is 10.2. The maximum atomic E-state index is 12.8. The van der Waals surface area contributed by atoms with Gasteiger partial charge in [-0.1, -0.05) is 15.9 Å². The monoisotopic (exact) mass is 502 g/mol. The van der Waals surface area contributed by atoms with Gasteiger partial charge >= 0.3 is 0 Å². The Balaban J connectivity index is 1.33. The number of carbonyl (C=O) groups excluding carboxylic acids is 1. The fraction of sp³-hybridized carbons (Fsp3) is 0.261. The highest BCUT2D eigenvalue weighted by atomic mass is 79.9. The van der Waals surface area contributed by atoms with Crippen LogP contribution in [0.2, 0.25) is 0 Å². The van der Waals surface area contributed by atoms with E-state index in [0.717, 1.165) is 33.9 Å². The minimum absolute atomic E-state index is 0.130. The number of ether oxygens (including phenoxy) is 1.